The lowest BCUT2D eigenvalue weighted by molar-refractivity contribution is -0.112. The van der Waals surface area contributed by atoms with Crippen molar-refractivity contribution in [2.24, 2.45) is 5.73 Å². The molecule has 0 spiro atoms. The van der Waals surface area contributed by atoms with Crippen LogP contribution < -0.4 is 5.73 Å². The van der Waals surface area contributed by atoms with Crippen LogP contribution in [0.5, 0.6) is 0 Å². The van der Waals surface area contributed by atoms with Gasteiger partial charge in [0.15, 0.2) is 5.78 Å². The molecular formula is C16H22N2O3. The number of benzene rings is 1. The predicted molar refractivity (Wildman–Crippen MR) is 81.6 cm³/mol. The smallest absolute Gasteiger partial charge is 0.405 e. The summed E-state index contributed by atoms with van der Waals surface area (Å²) in [5, 5.41) is 7.84. The van der Waals surface area contributed by atoms with Gasteiger partial charge in [0.25, 0.3) is 0 Å². The van der Waals surface area contributed by atoms with Gasteiger partial charge in [-0.15, -0.1) is 0 Å². The SMILES string of the molecule is CCC(=O)C(=N)c1cccc(CCC(C)(C)OC(N)=O)c1. The number of carbonyl (C=O) groups is 2. The molecule has 0 bridgehead atoms. The summed E-state index contributed by atoms with van der Waals surface area (Å²) in [6.45, 7) is 5.33. The van der Waals surface area contributed by atoms with Crippen LogP contribution in [-0.2, 0) is 16.0 Å². The van der Waals surface area contributed by atoms with Gasteiger partial charge in [-0.3, -0.25) is 10.2 Å². The molecule has 0 saturated heterocycles. The summed E-state index contributed by atoms with van der Waals surface area (Å²) in [4.78, 5) is 22.4. The zero-order valence-corrected chi connectivity index (χ0v) is 12.7. The quantitative estimate of drug-likeness (QED) is 0.756. The molecular weight excluding hydrogens is 268 g/mol. The van der Waals surface area contributed by atoms with E-state index in [0.717, 1.165) is 5.56 Å². The van der Waals surface area contributed by atoms with Gasteiger partial charge in [-0.25, -0.2) is 4.79 Å². The monoisotopic (exact) mass is 290 g/mol. The number of amides is 1. The lowest BCUT2D eigenvalue weighted by Crippen LogP contribution is -2.31. The molecule has 0 aliphatic rings. The highest BCUT2D eigenvalue weighted by molar-refractivity contribution is 6.44. The highest BCUT2D eigenvalue weighted by Gasteiger charge is 2.21. The van der Waals surface area contributed by atoms with E-state index in [1.807, 2.05) is 18.2 Å². The van der Waals surface area contributed by atoms with Crippen molar-refractivity contribution in [1.82, 2.24) is 0 Å². The fourth-order valence-electron chi connectivity index (χ4n) is 1.99. The molecule has 114 valence electrons. The standard InChI is InChI=1S/C16H22N2O3/c1-4-13(19)14(17)12-7-5-6-11(10-12)8-9-16(2,3)21-15(18)20/h5-7,10,17H,4,8-9H2,1-3H3,(H2,18,20). The van der Waals surface area contributed by atoms with Gasteiger partial charge in [-0.2, -0.15) is 0 Å². The van der Waals surface area contributed by atoms with Crippen LogP contribution in [0.3, 0.4) is 0 Å². The summed E-state index contributed by atoms with van der Waals surface area (Å²) in [6, 6.07) is 7.33. The lowest BCUT2D eigenvalue weighted by Gasteiger charge is -2.23. The van der Waals surface area contributed by atoms with Gasteiger partial charge in [0.1, 0.15) is 11.3 Å². The molecule has 1 aromatic rings. The lowest BCUT2D eigenvalue weighted by atomic mass is 9.96. The summed E-state index contributed by atoms with van der Waals surface area (Å²) < 4.78 is 5.04. The third-order valence-electron chi connectivity index (χ3n) is 3.21. The fraction of sp³-hybridized carbons (Fsp3) is 0.438. The zero-order valence-electron chi connectivity index (χ0n) is 12.7. The normalized spacial score (nSPS) is 11.0. The minimum absolute atomic E-state index is 0.0343. The Balaban J connectivity index is 2.75. The maximum Gasteiger partial charge on any atom is 0.405 e. The van der Waals surface area contributed by atoms with Crippen LogP contribution in [-0.4, -0.2) is 23.2 Å². The van der Waals surface area contributed by atoms with Crippen molar-refractivity contribution in [3.05, 3.63) is 35.4 Å². The van der Waals surface area contributed by atoms with Crippen LogP contribution in [0.15, 0.2) is 24.3 Å². The van der Waals surface area contributed by atoms with Gasteiger partial charge < -0.3 is 10.5 Å². The van der Waals surface area contributed by atoms with E-state index >= 15 is 0 Å². The van der Waals surface area contributed by atoms with Gasteiger partial charge in [0, 0.05) is 12.0 Å². The molecule has 1 aromatic carbocycles. The van der Waals surface area contributed by atoms with Crippen molar-refractivity contribution >= 4 is 17.6 Å². The van der Waals surface area contributed by atoms with Gasteiger partial charge >= 0.3 is 6.09 Å². The number of rotatable bonds is 7. The van der Waals surface area contributed by atoms with E-state index in [-0.39, 0.29) is 11.5 Å². The second-order valence-electron chi connectivity index (χ2n) is 5.53. The van der Waals surface area contributed by atoms with Crippen LogP contribution in [0.25, 0.3) is 0 Å². The Labute approximate surface area is 125 Å². The number of hydrogen-bond acceptors (Lipinski definition) is 4. The summed E-state index contributed by atoms with van der Waals surface area (Å²) in [7, 11) is 0. The fourth-order valence-corrected chi connectivity index (χ4v) is 1.99. The number of nitrogens with one attached hydrogen (secondary N) is 1. The number of nitrogens with two attached hydrogens (primary N) is 1. The topological polar surface area (TPSA) is 93.2 Å². The van der Waals surface area contributed by atoms with Crippen molar-refractivity contribution < 1.29 is 14.3 Å². The summed E-state index contributed by atoms with van der Waals surface area (Å²) in [6.07, 6.45) is 0.808. The predicted octanol–water partition coefficient (Wildman–Crippen LogP) is 2.84. The maximum absolute atomic E-state index is 11.6. The third kappa shape index (κ3) is 5.38. The molecule has 1 amide bonds. The summed E-state index contributed by atoms with van der Waals surface area (Å²) in [5.41, 5.74) is 6.03. The van der Waals surface area contributed by atoms with E-state index in [1.54, 1.807) is 26.8 Å². The molecule has 1 rings (SSSR count). The van der Waals surface area contributed by atoms with E-state index in [9.17, 15) is 9.59 Å². The van der Waals surface area contributed by atoms with Gasteiger partial charge in [-0.05, 0) is 38.3 Å². The van der Waals surface area contributed by atoms with E-state index in [1.165, 1.54) is 0 Å². The van der Waals surface area contributed by atoms with Crippen molar-refractivity contribution in [2.45, 2.75) is 45.6 Å². The van der Waals surface area contributed by atoms with Crippen LogP contribution in [0.2, 0.25) is 0 Å². The van der Waals surface area contributed by atoms with E-state index in [2.05, 4.69) is 0 Å². The Morgan fingerprint density at radius 3 is 2.57 bits per heavy atom. The molecule has 3 N–H and O–H groups in total. The largest absolute Gasteiger partial charge is 0.444 e. The zero-order chi connectivity index (χ0) is 16.0. The van der Waals surface area contributed by atoms with Crippen molar-refractivity contribution in [3.63, 3.8) is 0 Å². The molecule has 0 fully saturated rings. The summed E-state index contributed by atoms with van der Waals surface area (Å²) in [5.74, 6) is -0.176. The number of ketones is 1. The number of aryl methyl sites for hydroxylation is 1. The van der Waals surface area contributed by atoms with Crippen LogP contribution in [0, 0.1) is 5.41 Å². The highest BCUT2D eigenvalue weighted by Crippen LogP contribution is 2.19. The van der Waals surface area contributed by atoms with Crippen LogP contribution in [0.4, 0.5) is 4.79 Å². The minimum atomic E-state index is -0.788. The third-order valence-corrected chi connectivity index (χ3v) is 3.21. The molecule has 0 aliphatic carbocycles. The molecule has 5 heteroatoms. The van der Waals surface area contributed by atoms with E-state index < -0.39 is 11.7 Å². The Bertz CT molecular complexity index is 550. The summed E-state index contributed by atoms with van der Waals surface area (Å²) >= 11 is 0. The maximum atomic E-state index is 11.6. The van der Waals surface area contributed by atoms with E-state index in [4.69, 9.17) is 15.9 Å². The number of hydrogen-bond donors (Lipinski definition) is 2. The minimum Gasteiger partial charge on any atom is -0.444 e. The van der Waals surface area contributed by atoms with Crippen LogP contribution >= 0.6 is 0 Å². The van der Waals surface area contributed by atoms with Gasteiger partial charge in [-0.1, -0.05) is 25.1 Å². The number of primary amides is 1. The molecule has 0 aromatic heterocycles. The number of Topliss-reactive ketones (excluding diaryl/α,β-unsaturated/α-hetero) is 1. The average Bonchev–Trinajstić information content (AvgIpc) is 2.42. The Morgan fingerprint density at radius 1 is 1.33 bits per heavy atom. The molecule has 0 saturated carbocycles. The Hall–Kier alpha value is -2.17. The second-order valence-corrected chi connectivity index (χ2v) is 5.53. The first-order chi connectivity index (χ1) is 9.75. The Kier molecular flexibility index (Phi) is 5.64. The van der Waals surface area contributed by atoms with Crippen molar-refractivity contribution in [2.75, 3.05) is 0 Å². The molecule has 5 nitrogen and oxygen atoms in total. The molecule has 21 heavy (non-hydrogen) atoms. The number of ether oxygens (including phenoxy) is 1. The first-order valence-electron chi connectivity index (χ1n) is 6.94. The molecule has 0 aliphatic heterocycles. The van der Waals surface area contributed by atoms with Crippen molar-refractivity contribution in [3.8, 4) is 0 Å². The van der Waals surface area contributed by atoms with Gasteiger partial charge in [0.2, 0.25) is 0 Å². The van der Waals surface area contributed by atoms with Crippen molar-refractivity contribution in [1.29, 1.82) is 5.41 Å². The highest BCUT2D eigenvalue weighted by atomic mass is 16.6. The number of carbonyl (C=O) groups excluding carboxylic acids is 2. The average molecular weight is 290 g/mol. The first kappa shape index (κ1) is 16.9. The molecule has 0 unspecified atom stereocenters. The van der Waals surface area contributed by atoms with Gasteiger partial charge in [0.05, 0.1) is 0 Å². The second kappa shape index (κ2) is 7.02. The molecule has 0 atom stereocenters. The molecule has 0 radical (unpaired) electrons. The van der Waals surface area contributed by atoms with E-state index in [0.29, 0.717) is 24.8 Å². The first-order valence-corrected chi connectivity index (χ1v) is 6.94. The molecule has 0 heterocycles. The Morgan fingerprint density at radius 2 is 2.00 bits per heavy atom. The van der Waals surface area contributed by atoms with Crippen LogP contribution in [0.1, 0.15) is 44.7 Å².